The van der Waals surface area contributed by atoms with Crippen LogP contribution in [0.15, 0.2) is 29.6 Å². The summed E-state index contributed by atoms with van der Waals surface area (Å²) >= 11 is 1.58. The first-order valence-electron chi connectivity index (χ1n) is 3.73. The number of hydrogen-bond acceptors (Lipinski definition) is 2. The van der Waals surface area contributed by atoms with Crippen molar-refractivity contribution in [1.82, 2.24) is 4.98 Å². The normalized spacial score (nSPS) is 10.2. The Labute approximate surface area is 78.7 Å². The van der Waals surface area contributed by atoms with Crippen LogP contribution in [-0.2, 0) is 0 Å². The fourth-order valence-corrected chi connectivity index (χ4v) is 1.80. The summed E-state index contributed by atoms with van der Waals surface area (Å²) in [4.78, 5) is 14.4. The number of H-pyrrole nitrogens is 1. The molecule has 0 bridgehead atoms. The highest BCUT2D eigenvalue weighted by molar-refractivity contribution is 7.13. The van der Waals surface area contributed by atoms with Gasteiger partial charge in [0.1, 0.15) is 5.69 Å². The Hall–Kier alpha value is -1.55. The van der Waals surface area contributed by atoms with Crippen molar-refractivity contribution >= 4 is 17.3 Å². The largest absolute Gasteiger partial charge is 0.477 e. The molecule has 0 unspecified atom stereocenters. The van der Waals surface area contributed by atoms with Crippen LogP contribution in [0.25, 0.3) is 10.6 Å². The molecule has 4 heteroatoms. The molecular weight excluding hydrogens is 186 g/mol. The number of thiophene rings is 1. The van der Waals surface area contributed by atoms with E-state index in [1.54, 1.807) is 23.5 Å². The molecule has 2 aromatic heterocycles. The predicted octanol–water partition coefficient (Wildman–Crippen LogP) is 2.44. The van der Waals surface area contributed by atoms with Gasteiger partial charge in [0.25, 0.3) is 0 Å². The van der Waals surface area contributed by atoms with Gasteiger partial charge >= 0.3 is 5.97 Å². The highest BCUT2D eigenvalue weighted by atomic mass is 32.1. The van der Waals surface area contributed by atoms with Crippen molar-refractivity contribution in [3.8, 4) is 10.6 Å². The zero-order valence-corrected chi connectivity index (χ0v) is 7.47. The lowest BCUT2D eigenvalue weighted by Gasteiger charge is -1.90. The standard InChI is InChI=1S/C9H7NO2S/c11-9(12)7-4-3-6(10-7)8-2-1-5-13-8/h1-5,10H,(H,11,12). The van der Waals surface area contributed by atoms with Gasteiger partial charge in [-0.1, -0.05) is 6.07 Å². The van der Waals surface area contributed by atoms with Crippen LogP contribution in [0.2, 0.25) is 0 Å². The molecule has 0 amide bonds. The molecule has 0 fully saturated rings. The van der Waals surface area contributed by atoms with Gasteiger partial charge in [-0.05, 0) is 23.6 Å². The van der Waals surface area contributed by atoms with Gasteiger partial charge in [0.2, 0.25) is 0 Å². The van der Waals surface area contributed by atoms with Crippen molar-refractivity contribution in [2.24, 2.45) is 0 Å². The van der Waals surface area contributed by atoms with Gasteiger partial charge < -0.3 is 10.1 Å². The molecule has 0 aliphatic rings. The highest BCUT2D eigenvalue weighted by Crippen LogP contribution is 2.23. The average molecular weight is 193 g/mol. The minimum Gasteiger partial charge on any atom is -0.477 e. The second-order valence-corrected chi connectivity index (χ2v) is 3.52. The molecule has 13 heavy (non-hydrogen) atoms. The lowest BCUT2D eigenvalue weighted by molar-refractivity contribution is 0.0691. The van der Waals surface area contributed by atoms with Crippen molar-refractivity contribution in [2.75, 3.05) is 0 Å². The summed E-state index contributed by atoms with van der Waals surface area (Å²) in [6.45, 7) is 0. The minimum absolute atomic E-state index is 0.225. The topological polar surface area (TPSA) is 53.1 Å². The van der Waals surface area contributed by atoms with E-state index in [-0.39, 0.29) is 5.69 Å². The number of aromatic carboxylic acids is 1. The number of carboxylic acids is 1. The number of aromatic nitrogens is 1. The Kier molecular flexibility index (Phi) is 1.90. The Balaban J connectivity index is 2.39. The third kappa shape index (κ3) is 1.48. The molecule has 0 radical (unpaired) electrons. The summed E-state index contributed by atoms with van der Waals surface area (Å²) in [6, 6.07) is 7.22. The van der Waals surface area contributed by atoms with Gasteiger partial charge in [-0.2, -0.15) is 0 Å². The van der Waals surface area contributed by atoms with Crippen LogP contribution in [0.3, 0.4) is 0 Å². The summed E-state index contributed by atoms with van der Waals surface area (Å²) in [5.74, 6) is -0.928. The summed E-state index contributed by atoms with van der Waals surface area (Å²) < 4.78 is 0. The van der Waals surface area contributed by atoms with E-state index in [2.05, 4.69) is 4.98 Å². The predicted molar refractivity (Wildman–Crippen MR) is 51.1 cm³/mol. The Morgan fingerprint density at radius 3 is 2.77 bits per heavy atom. The lowest BCUT2D eigenvalue weighted by atomic mass is 10.3. The van der Waals surface area contributed by atoms with E-state index in [0.29, 0.717) is 0 Å². The van der Waals surface area contributed by atoms with E-state index in [9.17, 15) is 4.79 Å². The van der Waals surface area contributed by atoms with Crippen LogP contribution >= 0.6 is 11.3 Å². The fourth-order valence-electron chi connectivity index (χ4n) is 1.10. The van der Waals surface area contributed by atoms with E-state index >= 15 is 0 Å². The van der Waals surface area contributed by atoms with E-state index in [4.69, 9.17) is 5.11 Å². The fraction of sp³-hybridized carbons (Fsp3) is 0. The first-order valence-corrected chi connectivity index (χ1v) is 4.61. The number of aromatic amines is 1. The van der Waals surface area contributed by atoms with Crippen molar-refractivity contribution in [3.63, 3.8) is 0 Å². The smallest absolute Gasteiger partial charge is 0.352 e. The van der Waals surface area contributed by atoms with Gasteiger partial charge in [0.15, 0.2) is 0 Å². The van der Waals surface area contributed by atoms with Crippen LogP contribution in [0, 0.1) is 0 Å². The molecule has 2 heterocycles. The van der Waals surface area contributed by atoms with Crippen LogP contribution < -0.4 is 0 Å². The number of carbonyl (C=O) groups is 1. The molecule has 0 aliphatic heterocycles. The monoisotopic (exact) mass is 193 g/mol. The van der Waals surface area contributed by atoms with Gasteiger partial charge in [-0.25, -0.2) is 4.79 Å². The quantitative estimate of drug-likeness (QED) is 0.769. The van der Waals surface area contributed by atoms with Gasteiger partial charge in [0, 0.05) is 0 Å². The molecular formula is C9H7NO2S. The van der Waals surface area contributed by atoms with E-state index in [1.165, 1.54) is 0 Å². The summed E-state index contributed by atoms with van der Waals surface area (Å²) in [5, 5.41) is 10.6. The summed E-state index contributed by atoms with van der Waals surface area (Å²) in [7, 11) is 0. The molecule has 2 aromatic rings. The number of carboxylic acid groups (broad SMARTS) is 1. The Bertz CT molecular complexity index is 417. The van der Waals surface area contributed by atoms with E-state index in [0.717, 1.165) is 10.6 Å². The highest BCUT2D eigenvalue weighted by Gasteiger charge is 2.06. The molecule has 0 spiro atoms. The van der Waals surface area contributed by atoms with E-state index < -0.39 is 5.97 Å². The number of hydrogen-bond donors (Lipinski definition) is 2. The summed E-state index contributed by atoms with van der Waals surface area (Å²) in [5.41, 5.74) is 1.08. The molecule has 2 N–H and O–H groups in total. The van der Waals surface area contributed by atoms with Crippen LogP contribution in [0.4, 0.5) is 0 Å². The molecule has 3 nitrogen and oxygen atoms in total. The maximum absolute atomic E-state index is 10.6. The van der Waals surface area contributed by atoms with Gasteiger partial charge in [-0.3, -0.25) is 0 Å². The molecule has 66 valence electrons. The van der Waals surface area contributed by atoms with Crippen molar-refractivity contribution in [2.45, 2.75) is 0 Å². The molecule has 2 rings (SSSR count). The minimum atomic E-state index is -0.928. The third-order valence-electron chi connectivity index (χ3n) is 1.70. The lowest BCUT2D eigenvalue weighted by Crippen LogP contribution is -1.95. The van der Waals surface area contributed by atoms with Crippen molar-refractivity contribution < 1.29 is 9.90 Å². The van der Waals surface area contributed by atoms with Crippen LogP contribution in [0.1, 0.15) is 10.5 Å². The molecule has 0 saturated carbocycles. The van der Waals surface area contributed by atoms with Gasteiger partial charge in [0.05, 0.1) is 10.6 Å². The van der Waals surface area contributed by atoms with Crippen molar-refractivity contribution in [1.29, 1.82) is 0 Å². The molecule has 0 aromatic carbocycles. The Morgan fingerprint density at radius 2 is 2.23 bits per heavy atom. The first kappa shape index (κ1) is 8.07. The third-order valence-corrected chi connectivity index (χ3v) is 2.61. The first-order chi connectivity index (χ1) is 6.27. The zero-order valence-electron chi connectivity index (χ0n) is 6.65. The second-order valence-electron chi connectivity index (χ2n) is 2.57. The molecule has 0 aliphatic carbocycles. The second kappa shape index (κ2) is 3.06. The Morgan fingerprint density at radius 1 is 1.38 bits per heavy atom. The van der Waals surface area contributed by atoms with Crippen molar-refractivity contribution in [3.05, 3.63) is 35.3 Å². The molecule has 0 saturated heterocycles. The van der Waals surface area contributed by atoms with Crippen LogP contribution in [-0.4, -0.2) is 16.1 Å². The number of rotatable bonds is 2. The average Bonchev–Trinajstić information content (AvgIpc) is 2.75. The zero-order chi connectivity index (χ0) is 9.26. The maximum Gasteiger partial charge on any atom is 0.352 e. The molecule has 0 atom stereocenters. The van der Waals surface area contributed by atoms with E-state index in [1.807, 2.05) is 17.5 Å². The SMILES string of the molecule is O=C(O)c1ccc(-c2cccs2)[nH]1. The number of nitrogens with one attached hydrogen (secondary N) is 1. The maximum atomic E-state index is 10.6. The summed E-state index contributed by atoms with van der Waals surface area (Å²) in [6.07, 6.45) is 0. The van der Waals surface area contributed by atoms with Gasteiger partial charge in [-0.15, -0.1) is 11.3 Å². The van der Waals surface area contributed by atoms with Crippen LogP contribution in [0.5, 0.6) is 0 Å².